The van der Waals surface area contributed by atoms with Crippen molar-refractivity contribution in [1.82, 2.24) is 24.4 Å². The van der Waals surface area contributed by atoms with Crippen LogP contribution in [0.5, 0.6) is 5.88 Å². The molecule has 1 aromatic carbocycles. The number of oxazole rings is 1. The van der Waals surface area contributed by atoms with Gasteiger partial charge in [-0.25, -0.2) is 9.97 Å². The molecule has 10 nitrogen and oxygen atoms in total. The third-order valence-corrected chi connectivity index (χ3v) is 8.71. The molecule has 0 radical (unpaired) electrons. The van der Waals surface area contributed by atoms with Crippen molar-refractivity contribution in [1.29, 1.82) is 5.26 Å². The van der Waals surface area contributed by atoms with Crippen molar-refractivity contribution in [2.75, 3.05) is 19.7 Å². The average Bonchev–Trinajstić information content (AvgIpc) is 3.42. The average molecular weight is 539 g/mol. The Balaban J connectivity index is 1.02. The van der Waals surface area contributed by atoms with Gasteiger partial charge in [-0.3, -0.25) is 14.3 Å². The summed E-state index contributed by atoms with van der Waals surface area (Å²) < 4.78 is 19.5. The minimum Gasteiger partial charge on any atom is -0.473 e. The first-order valence-corrected chi connectivity index (χ1v) is 13.8. The number of rotatable bonds is 9. The van der Waals surface area contributed by atoms with Crippen LogP contribution in [0, 0.1) is 24.2 Å². The van der Waals surface area contributed by atoms with E-state index in [-0.39, 0.29) is 17.4 Å². The molecule has 0 bridgehead atoms. The van der Waals surface area contributed by atoms with Crippen LogP contribution in [0.2, 0.25) is 0 Å². The van der Waals surface area contributed by atoms with Crippen LogP contribution in [0.25, 0.3) is 11.4 Å². The molecule has 3 aromatic heterocycles. The second-order valence-corrected chi connectivity index (χ2v) is 11.2. The van der Waals surface area contributed by atoms with Gasteiger partial charge in [-0.15, -0.1) is 0 Å². The van der Waals surface area contributed by atoms with E-state index in [0.29, 0.717) is 54.7 Å². The maximum Gasteiger partial charge on any atom is 0.263 e. The molecule has 3 unspecified atom stereocenters. The van der Waals surface area contributed by atoms with Crippen LogP contribution >= 0.6 is 0 Å². The molecule has 3 atom stereocenters. The third-order valence-electron chi connectivity index (χ3n) is 8.71. The van der Waals surface area contributed by atoms with E-state index in [9.17, 15) is 4.79 Å². The molecule has 5 heterocycles. The largest absolute Gasteiger partial charge is 0.473 e. The number of aldehydes is 1. The molecule has 2 saturated heterocycles. The van der Waals surface area contributed by atoms with E-state index in [1.807, 2.05) is 41.8 Å². The summed E-state index contributed by atoms with van der Waals surface area (Å²) >= 11 is 0. The highest BCUT2D eigenvalue weighted by atomic mass is 16.5. The second-order valence-electron chi connectivity index (χ2n) is 11.2. The maximum atomic E-state index is 11.2. The highest BCUT2D eigenvalue weighted by Gasteiger charge is 2.58. The number of carbonyl (C=O) groups is 1. The Morgan fingerprint density at radius 3 is 2.90 bits per heavy atom. The monoisotopic (exact) mass is 538 g/mol. The molecule has 3 fully saturated rings. The number of nitriles is 1. The van der Waals surface area contributed by atoms with Gasteiger partial charge in [0, 0.05) is 24.6 Å². The van der Waals surface area contributed by atoms with Crippen LogP contribution in [0.15, 0.2) is 40.8 Å². The Morgan fingerprint density at radius 2 is 2.15 bits per heavy atom. The standard InChI is InChI=1S/C30H30N6O4/c1-19-11-20(13-31)5-6-21(19)18-39-26-4-2-3-24(32-26)30-8-9-35(14-22(30)12-30)16-25-33-28-29(40-27(17-37)34-28)36(25)15-23-7-10-38-23/h2-6,11,17,22-23H,7-10,12,14-16,18H2,1H3. The summed E-state index contributed by atoms with van der Waals surface area (Å²) in [6.07, 6.45) is 3.90. The van der Waals surface area contributed by atoms with Crippen LogP contribution in [0.4, 0.5) is 0 Å². The van der Waals surface area contributed by atoms with E-state index in [2.05, 4.69) is 22.0 Å². The summed E-state index contributed by atoms with van der Waals surface area (Å²) in [6.45, 7) is 6.45. The number of benzene rings is 1. The van der Waals surface area contributed by atoms with E-state index in [1.54, 1.807) is 0 Å². The van der Waals surface area contributed by atoms with Crippen LogP contribution in [-0.4, -0.2) is 56.5 Å². The summed E-state index contributed by atoms with van der Waals surface area (Å²) in [5.74, 6) is 2.12. The van der Waals surface area contributed by atoms with Crippen molar-refractivity contribution < 1.29 is 18.7 Å². The van der Waals surface area contributed by atoms with Crippen molar-refractivity contribution in [3.8, 4) is 11.9 Å². The van der Waals surface area contributed by atoms with Crippen LogP contribution < -0.4 is 4.74 Å². The Kier molecular flexibility index (Phi) is 6.13. The Hall–Kier alpha value is -4.07. The van der Waals surface area contributed by atoms with Gasteiger partial charge in [-0.1, -0.05) is 12.1 Å². The molecule has 0 N–H and O–H groups in total. The minimum atomic E-state index is 0.0545. The molecule has 2 aliphatic heterocycles. The van der Waals surface area contributed by atoms with Gasteiger partial charge in [0.1, 0.15) is 12.4 Å². The molecule has 4 aromatic rings. The first-order chi connectivity index (χ1) is 19.5. The quantitative estimate of drug-likeness (QED) is 0.292. The molecular formula is C30H30N6O4. The van der Waals surface area contributed by atoms with Crippen molar-refractivity contribution in [2.24, 2.45) is 5.92 Å². The number of aryl methyl sites for hydroxylation is 1. The van der Waals surface area contributed by atoms with Crippen molar-refractivity contribution in [3.05, 3.63) is 70.5 Å². The summed E-state index contributed by atoms with van der Waals surface area (Å²) in [4.78, 5) is 27.5. The lowest BCUT2D eigenvalue weighted by Gasteiger charge is -2.32. The number of imidazole rings is 1. The number of ether oxygens (including phenoxy) is 2. The van der Waals surface area contributed by atoms with E-state index in [0.717, 1.165) is 61.6 Å². The fourth-order valence-corrected chi connectivity index (χ4v) is 6.18. The van der Waals surface area contributed by atoms with Gasteiger partial charge in [0.25, 0.3) is 5.89 Å². The summed E-state index contributed by atoms with van der Waals surface area (Å²) in [7, 11) is 0. The molecule has 10 heteroatoms. The van der Waals surface area contributed by atoms with E-state index < -0.39 is 0 Å². The van der Waals surface area contributed by atoms with E-state index in [4.69, 9.17) is 29.1 Å². The van der Waals surface area contributed by atoms with Crippen LogP contribution in [0.3, 0.4) is 0 Å². The van der Waals surface area contributed by atoms with Gasteiger partial charge < -0.3 is 13.9 Å². The van der Waals surface area contributed by atoms with Crippen molar-refractivity contribution in [3.63, 3.8) is 0 Å². The lowest BCUT2D eigenvalue weighted by molar-refractivity contribution is -0.0595. The zero-order chi connectivity index (χ0) is 27.3. The number of carbonyl (C=O) groups excluding carboxylic acids is 1. The summed E-state index contributed by atoms with van der Waals surface area (Å²) in [5, 5.41) is 9.11. The molecule has 3 aliphatic rings. The SMILES string of the molecule is Cc1cc(C#N)ccc1COc1cccc(C23CCN(Cc4nc5nc(C=O)oc5n4CC4CCO4)CC2C3)n1. The minimum absolute atomic E-state index is 0.0545. The Morgan fingerprint density at radius 1 is 1.25 bits per heavy atom. The molecule has 0 amide bonds. The third kappa shape index (κ3) is 4.45. The van der Waals surface area contributed by atoms with Gasteiger partial charge in [0.05, 0.1) is 36.5 Å². The number of hydrogen-bond donors (Lipinski definition) is 0. The number of aromatic nitrogens is 4. The van der Waals surface area contributed by atoms with Crippen LogP contribution in [-0.2, 0) is 29.8 Å². The highest BCUT2D eigenvalue weighted by molar-refractivity contribution is 5.75. The molecule has 1 saturated carbocycles. The number of likely N-dealkylation sites (tertiary alicyclic amines) is 1. The Bertz CT molecular complexity index is 1630. The molecule has 7 rings (SSSR count). The predicted molar refractivity (Wildman–Crippen MR) is 144 cm³/mol. The summed E-state index contributed by atoms with van der Waals surface area (Å²) in [5.41, 5.74) is 4.97. The van der Waals surface area contributed by atoms with Crippen molar-refractivity contribution in [2.45, 2.75) is 57.4 Å². The smallest absolute Gasteiger partial charge is 0.263 e. The number of nitrogens with zero attached hydrogens (tertiary/aromatic N) is 6. The van der Waals surface area contributed by atoms with Crippen molar-refractivity contribution >= 4 is 17.6 Å². The molecular weight excluding hydrogens is 508 g/mol. The summed E-state index contributed by atoms with van der Waals surface area (Å²) in [6, 6.07) is 13.9. The van der Waals surface area contributed by atoms with Crippen LogP contribution in [0.1, 0.15) is 58.2 Å². The Labute approximate surface area is 231 Å². The first-order valence-electron chi connectivity index (χ1n) is 13.8. The zero-order valence-electron chi connectivity index (χ0n) is 22.4. The molecule has 1 aliphatic carbocycles. The lowest BCUT2D eigenvalue weighted by Crippen LogP contribution is -2.37. The number of hydrogen-bond acceptors (Lipinski definition) is 9. The fraction of sp³-hybridized carbons (Fsp3) is 0.433. The van der Waals surface area contributed by atoms with Gasteiger partial charge in [-0.05, 0) is 68.0 Å². The van der Waals surface area contributed by atoms with Gasteiger partial charge in [-0.2, -0.15) is 10.2 Å². The van der Waals surface area contributed by atoms with Gasteiger partial charge in [0.2, 0.25) is 23.5 Å². The van der Waals surface area contributed by atoms with E-state index >= 15 is 0 Å². The number of piperidine rings is 1. The molecule has 0 spiro atoms. The lowest BCUT2D eigenvalue weighted by atomic mass is 9.91. The zero-order valence-corrected chi connectivity index (χ0v) is 22.4. The highest BCUT2D eigenvalue weighted by Crippen LogP contribution is 2.58. The first kappa shape index (κ1) is 24.9. The van der Waals surface area contributed by atoms with Gasteiger partial charge in [0.15, 0.2) is 0 Å². The van der Waals surface area contributed by atoms with E-state index in [1.165, 1.54) is 0 Å². The normalized spacial score (nSPS) is 23.8. The fourth-order valence-electron chi connectivity index (χ4n) is 6.18. The molecule has 40 heavy (non-hydrogen) atoms. The topological polar surface area (TPSA) is 119 Å². The second kappa shape index (κ2) is 9.84. The maximum absolute atomic E-state index is 11.2. The number of pyridine rings is 1. The number of fused-ring (bicyclic) bond motifs is 2. The van der Waals surface area contributed by atoms with Gasteiger partial charge >= 0.3 is 0 Å². The predicted octanol–water partition coefficient (Wildman–Crippen LogP) is 3.94. The molecule has 204 valence electrons.